The first-order valence-corrected chi connectivity index (χ1v) is 18.3. The SMILES string of the molecule is C=C(N)C1=CC=CC2Oc3ccccc3C12.CCCC(=NCc1cc(-c2ccccc2)cc(-c2ccccc2)c1)c1cccc2oc3ccccc3c12. The smallest absolute Gasteiger partial charge is 0.136 e. The molecule has 2 heterocycles. The van der Waals surface area contributed by atoms with Crippen LogP contribution in [0.5, 0.6) is 5.75 Å². The van der Waals surface area contributed by atoms with Gasteiger partial charge < -0.3 is 14.9 Å². The molecule has 4 heteroatoms. The minimum atomic E-state index is 0.0673. The Morgan fingerprint density at radius 2 is 1.38 bits per heavy atom. The zero-order valence-corrected chi connectivity index (χ0v) is 29.9. The van der Waals surface area contributed by atoms with Gasteiger partial charge in [-0.05, 0) is 82.3 Å². The number of benzene rings is 6. The second-order valence-electron chi connectivity index (χ2n) is 13.6. The predicted molar refractivity (Wildman–Crippen MR) is 220 cm³/mol. The van der Waals surface area contributed by atoms with Crippen LogP contribution in [0.4, 0.5) is 0 Å². The van der Waals surface area contributed by atoms with Gasteiger partial charge in [0.25, 0.3) is 0 Å². The third-order valence-electron chi connectivity index (χ3n) is 9.99. The number of rotatable bonds is 8. The molecule has 1 aliphatic carbocycles. The lowest BCUT2D eigenvalue weighted by Gasteiger charge is -2.22. The number of aliphatic imine (C=N–C) groups is 1. The molecule has 0 saturated carbocycles. The minimum absolute atomic E-state index is 0.0673. The maximum absolute atomic E-state index is 6.16. The maximum Gasteiger partial charge on any atom is 0.136 e. The van der Waals surface area contributed by atoms with E-state index in [1.54, 1.807) is 0 Å². The molecular formula is C49H42N2O2. The summed E-state index contributed by atoms with van der Waals surface area (Å²) in [5, 5.41) is 2.31. The Balaban J connectivity index is 0.000000207. The van der Waals surface area contributed by atoms with E-state index in [2.05, 4.69) is 135 Å². The van der Waals surface area contributed by atoms with Crippen LogP contribution in [0.2, 0.25) is 0 Å². The molecule has 0 amide bonds. The molecule has 2 unspecified atom stereocenters. The van der Waals surface area contributed by atoms with Crippen LogP contribution in [-0.2, 0) is 6.54 Å². The van der Waals surface area contributed by atoms with Gasteiger partial charge in [0, 0.05) is 33.3 Å². The van der Waals surface area contributed by atoms with Gasteiger partial charge in [0.15, 0.2) is 0 Å². The number of nitrogens with zero attached hydrogens (tertiary/aromatic N) is 1. The summed E-state index contributed by atoms with van der Waals surface area (Å²) >= 11 is 0. The van der Waals surface area contributed by atoms with Crippen molar-refractivity contribution in [3.8, 4) is 28.0 Å². The molecule has 6 aromatic carbocycles. The van der Waals surface area contributed by atoms with E-state index in [1.807, 2.05) is 42.5 Å². The van der Waals surface area contributed by atoms with Crippen LogP contribution < -0.4 is 10.5 Å². The summed E-state index contributed by atoms with van der Waals surface area (Å²) in [4.78, 5) is 5.24. The number of para-hydroxylation sites is 2. The number of allylic oxidation sites excluding steroid dienone is 3. The Kier molecular flexibility index (Phi) is 9.59. The second kappa shape index (κ2) is 15.1. The molecule has 0 saturated heterocycles. The van der Waals surface area contributed by atoms with Crippen molar-refractivity contribution in [1.82, 2.24) is 0 Å². The molecule has 53 heavy (non-hydrogen) atoms. The molecule has 0 fully saturated rings. The molecule has 4 nitrogen and oxygen atoms in total. The number of fused-ring (bicyclic) bond motifs is 6. The van der Waals surface area contributed by atoms with E-state index >= 15 is 0 Å². The zero-order valence-electron chi connectivity index (χ0n) is 29.9. The molecule has 1 aromatic heterocycles. The molecule has 7 aromatic rings. The summed E-state index contributed by atoms with van der Waals surface area (Å²) in [6.45, 7) is 6.67. The van der Waals surface area contributed by atoms with Crippen molar-refractivity contribution in [1.29, 1.82) is 0 Å². The Hall–Kier alpha value is -6.39. The highest BCUT2D eigenvalue weighted by Crippen LogP contribution is 2.45. The fraction of sp³-hybridized carbons (Fsp3) is 0.122. The predicted octanol–water partition coefficient (Wildman–Crippen LogP) is 12.2. The van der Waals surface area contributed by atoms with Gasteiger partial charge in [-0.2, -0.15) is 0 Å². The third-order valence-corrected chi connectivity index (χ3v) is 9.99. The summed E-state index contributed by atoms with van der Waals surface area (Å²) < 4.78 is 12.0. The lowest BCUT2D eigenvalue weighted by molar-refractivity contribution is 0.265. The van der Waals surface area contributed by atoms with Crippen LogP contribution in [0.15, 0.2) is 191 Å². The standard InChI is InChI=1S/C35H29NO.C14H13NO/c1-2-12-32(30-18-11-20-34-35(30)31-17-9-10-19-33(31)37-34)36-24-25-21-28(26-13-5-3-6-14-26)23-29(22-25)27-15-7-4-8-16-27;1-9(15)10-6-4-8-13-14(10)11-5-2-3-7-12(11)16-13/h3-11,13-23H,2,12,24H2,1H3;2-8,13-14H,1,15H2. The molecule has 2 N–H and O–H groups in total. The van der Waals surface area contributed by atoms with Gasteiger partial charge >= 0.3 is 0 Å². The van der Waals surface area contributed by atoms with Gasteiger partial charge in [-0.3, -0.25) is 4.99 Å². The molecule has 260 valence electrons. The highest BCUT2D eigenvalue weighted by atomic mass is 16.5. The first-order valence-electron chi connectivity index (χ1n) is 18.3. The summed E-state index contributed by atoms with van der Waals surface area (Å²) in [7, 11) is 0. The third kappa shape index (κ3) is 6.96. The molecule has 2 atom stereocenters. The fourth-order valence-corrected chi connectivity index (χ4v) is 7.53. The van der Waals surface area contributed by atoms with E-state index in [9.17, 15) is 0 Å². The van der Waals surface area contributed by atoms with Crippen molar-refractivity contribution in [2.45, 2.75) is 38.3 Å². The average molecular weight is 691 g/mol. The van der Waals surface area contributed by atoms with Crippen molar-refractivity contribution >= 4 is 27.7 Å². The van der Waals surface area contributed by atoms with E-state index in [0.717, 1.165) is 51.8 Å². The Morgan fingerprint density at radius 1 is 0.717 bits per heavy atom. The first kappa shape index (κ1) is 33.7. The Morgan fingerprint density at radius 3 is 2.09 bits per heavy atom. The molecule has 0 bridgehead atoms. The molecule has 2 aliphatic rings. The van der Waals surface area contributed by atoms with Gasteiger partial charge in [-0.15, -0.1) is 0 Å². The number of hydrogen-bond acceptors (Lipinski definition) is 4. The highest BCUT2D eigenvalue weighted by Gasteiger charge is 2.36. The Labute approximate surface area is 311 Å². The van der Waals surface area contributed by atoms with Crippen molar-refractivity contribution in [3.63, 3.8) is 0 Å². The van der Waals surface area contributed by atoms with Crippen molar-refractivity contribution in [2.24, 2.45) is 10.7 Å². The van der Waals surface area contributed by atoms with Crippen molar-refractivity contribution in [3.05, 3.63) is 198 Å². The van der Waals surface area contributed by atoms with Crippen LogP contribution in [0.3, 0.4) is 0 Å². The van der Waals surface area contributed by atoms with E-state index in [4.69, 9.17) is 19.9 Å². The van der Waals surface area contributed by atoms with Crippen LogP contribution in [0.25, 0.3) is 44.2 Å². The van der Waals surface area contributed by atoms with Gasteiger partial charge in [-0.25, -0.2) is 0 Å². The van der Waals surface area contributed by atoms with Crippen LogP contribution in [-0.4, -0.2) is 11.8 Å². The average Bonchev–Trinajstić information content (AvgIpc) is 3.79. The molecule has 9 rings (SSSR count). The summed E-state index contributed by atoms with van der Waals surface area (Å²) in [6, 6.07) is 50.7. The first-order chi connectivity index (χ1) is 26.1. The Bertz CT molecular complexity index is 2450. The topological polar surface area (TPSA) is 60.8 Å². The molecule has 1 aliphatic heterocycles. The summed E-state index contributed by atoms with van der Waals surface area (Å²) in [6.07, 6.45) is 8.09. The van der Waals surface area contributed by atoms with Gasteiger partial charge in [-0.1, -0.05) is 141 Å². The molecule has 0 radical (unpaired) electrons. The lowest BCUT2D eigenvalue weighted by Crippen LogP contribution is -2.22. The quantitative estimate of drug-likeness (QED) is 0.161. The monoisotopic (exact) mass is 690 g/mol. The zero-order chi connectivity index (χ0) is 36.1. The molecule has 0 spiro atoms. The van der Waals surface area contributed by atoms with E-state index in [0.29, 0.717) is 12.2 Å². The lowest BCUT2D eigenvalue weighted by atomic mass is 9.83. The summed E-state index contributed by atoms with van der Waals surface area (Å²) in [5.74, 6) is 1.16. The number of hydrogen-bond donors (Lipinski definition) is 1. The van der Waals surface area contributed by atoms with Gasteiger partial charge in [0.1, 0.15) is 23.0 Å². The summed E-state index contributed by atoms with van der Waals surface area (Å²) in [5.41, 5.74) is 18.9. The fourth-order valence-electron chi connectivity index (χ4n) is 7.53. The van der Waals surface area contributed by atoms with Crippen molar-refractivity contribution < 1.29 is 9.15 Å². The van der Waals surface area contributed by atoms with Crippen molar-refractivity contribution in [2.75, 3.05) is 0 Å². The number of ether oxygens (including phenoxy) is 1. The maximum atomic E-state index is 6.16. The van der Waals surface area contributed by atoms with E-state index < -0.39 is 0 Å². The normalized spacial score (nSPS) is 15.9. The number of furan rings is 1. The van der Waals surface area contributed by atoms with Crippen LogP contribution in [0.1, 0.15) is 42.4 Å². The number of nitrogens with two attached hydrogens (primary N) is 1. The minimum Gasteiger partial charge on any atom is -0.485 e. The van der Waals surface area contributed by atoms with Gasteiger partial charge in [0.2, 0.25) is 0 Å². The van der Waals surface area contributed by atoms with Crippen LogP contribution in [0, 0.1) is 0 Å². The largest absolute Gasteiger partial charge is 0.485 e. The molecular weight excluding hydrogens is 649 g/mol. The van der Waals surface area contributed by atoms with Crippen LogP contribution >= 0.6 is 0 Å². The van der Waals surface area contributed by atoms with Gasteiger partial charge in [0.05, 0.1) is 12.5 Å². The second-order valence-corrected chi connectivity index (χ2v) is 13.6. The van der Waals surface area contributed by atoms with E-state index in [1.165, 1.54) is 38.9 Å². The van der Waals surface area contributed by atoms with E-state index in [-0.39, 0.29) is 12.0 Å². The highest BCUT2D eigenvalue weighted by molar-refractivity contribution is 6.18.